The molecule has 4 amide bonds. The minimum Gasteiger partial charge on any atom is -0.488 e. The second kappa shape index (κ2) is 20.4. The van der Waals surface area contributed by atoms with Crippen molar-refractivity contribution < 1.29 is 51.6 Å². The van der Waals surface area contributed by atoms with E-state index < -0.39 is 48.9 Å². The van der Waals surface area contributed by atoms with Crippen molar-refractivity contribution in [3.05, 3.63) is 65.9 Å². The van der Waals surface area contributed by atoms with E-state index in [0.29, 0.717) is 55.4 Å². The first-order valence-corrected chi connectivity index (χ1v) is 22.0. The number of fused-ring (bicyclic) bond motifs is 6. The lowest BCUT2D eigenvalue weighted by Gasteiger charge is -2.32. The summed E-state index contributed by atoms with van der Waals surface area (Å²) < 4.78 is 52.2. The molecule has 2 aliphatic rings. The van der Waals surface area contributed by atoms with Crippen LogP contribution in [0.3, 0.4) is 0 Å². The molecule has 0 saturated carbocycles. The number of carbonyl (C=O) groups excluding carboxylic acids is 4. The Labute approximate surface area is 381 Å². The summed E-state index contributed by atoms with van der Waals surface area (Å²) in [5.41, 5.74) is 5.89. The summed E-state index contributed by atoms with van der Waals surface area (Å²) in [5.74, 6) is 0.216. The molecular weight excluding hydrogens is 859 g/mol. The van der Waals surface area contributed by atoms with E-state index in [0.717, 1.165) is 44.2 Å². The number of nitrogens with zero attached hydrogens (tertiary/aromatic N) is 4. The third kappa shape index (κ3) is 10.1. The predicted molar refractivity (Wildman–Crippen MR) is 240 cm³/mol. The highest BCUT2D eigenvalue weighted by Crippen LogP contribution is 2.44. The number of rotatable bonds is 17. The Kier molecular flexibility index (Phi) is 14.8. The van der Waals surface area contributed by atoms with Crippen molar-refractivity contribution in [2.75, 3.05) is 48.1 Å². The van der Waals surface area contributed by atoms with Crippen LogP contribution in [0.5, 0.6) is 5.75 Å². The van der Waals surface area contributed by atoms with Gasteiger partial charge < -0.3 is 54.1 Å². The van der Waals surface area contributed by atoms with Crippen molar-refractivity contribution in [1.29, 1.82) is 0 Å². The second-order valence-electron chi connectivity index (χ2n) is 17.5. The Hall–Kier alpha value is -6.34. The van der Waals surface area contributed by atoms with Crippen LogP contribution in [0, 0.1) is 17.8 Å². The van der Waals surface area contributed by atoms with Crippen LogP contribution in [0.2, 0.25) is 0 Å². The molecule has 17 nitrogen and oxygen atoms in total. The number of hydrogen-bond acceptors (Lipinski definition) is 11. The van der Waals surface area contributed by atoms with Crippen LogP contribution < -0.4 is 15.4 Å². The molecular formula is C47H58F2N8O9. The molecule has 2 aliphatic heterocycles. The van der Waals surface area contributed by atoms with Gasteiger partial charge in [-0.3, -0.25) is 9.59 Å². The average molecular weight is 917 g/mol. The number of alkyl halides is 2. The van der Waals surface area contributed by atoms with Crippen LogP contribution in [-0.2, 0) is 35.1 Å². The van der Waals surface area contributed by atoms with E-state index in [4.69, 9.17) is 28.9 Å². The molecule has 3 aromatic carbocycles. The van der Waals surface area contributed by atoms with Gasteiger partial charge in [-0.25, -0.2) is 19.6 Å². The number of H-pyrrole nitrogens is 2. The van der Waals surface area contributed by atoms with E-state index in [2.05, 4.69) is 43.5 Å². The number of likely N-dealkylation sites (N-methyl/N-ethyl adjacent to an activating group) is 1. The Morgan fingerprint density at radius 3 is 2.35 bits per heavy atom. The largest absolute Gasteiger partial charge is 0.488 e. The lowest BCUT2D eigenvalue weighted by atomic mass is 9.92. The quantitative estimate of drug-likeness (QED) is 0.0674. The monoisotopic (exact) mass is 916 g/mol. The molecule has 5 atom stereocenters. The third-order valence-corrected chi connectivity index (χ3v) is 12.5. The first kappa shape index (κ1) is 47.6. The van der Waals surface area contributed by atoms with Gasteiger partial charge in [0, 0.05) is 44.2 Å². The Morgan fingerprint density at radius 2 is 1.67 bits per heavy atom. The number of ether oxygens (including phenoxy) is 5. The van der Waals surface area contributed by atoms with E-state index in [1.54, 1.807) is 44.0 Å². The fourth-order valence-corrected chi connectivity index (χ4v) is 8.92. The second-order valence-corrected chi connectivity index (χ2v) is 17.5. The molecule has 1 saturated heterocycles. The minimum absolute atomic E-state index is 0.133. The van der Waals surface area contributed by atoms with Gasteiger partial charge in [0.05, 0.1) is 55.8 Å². The molecule has 1 fully saturated rings. The number of alkyl carbamates (subject to hydrolysis) is 2. The van der Waals surface area contributed by atoms with E-state index in [1.165, 1.54) is 14.2 Å². The maximum atomic E-state index is 14.1. The number of aromatic nitrogens is 4. The molecule has 0 radical (unpaired) electrons. The zero-order valence-corrected chi connectivity index (χ0v) is 38.4. The molecule has 0 aliphatic carbocycles. The van der Waals surface area contributed by atoms with E-state index in [1.807, 2.05) is 38.1 Å². The number of methoxy groups -OCH3 is 3. The first-order valence-electron chi connectivity index (χ1n) is 22.0. The van der Waals surface area contributed by atoms with Gasteiger partial charge in [-0.1, -0.05) is 45.9 Å². The highest BCUT2D eigenvalue weighted by atomic mass is 19.3. The molecule has 4 N–H and O–H groups in total. The number of hydrogen-bond donors (Lipinski definition) is 4. The zero-order chi connectivity index (χ0) is 47.4. The van der Waals surface area contributed by atoms with Gasteiger partial charge in [0.25, 0.3) is 0 Å². The van der Waals surface area contributed by atoms with E-state index >= 15 is 0 Å². The number of benzene rings is 3. The van der Waals surface area contributed by atoms with Crippen LogP contribution in [0.4, 0.5) is 18.4 Å². The van der Waals surface area contributed by atoms with Gasteiger partial charge in [-0.2, -0.15) is 8.78 Å². The maximum Gasteiger partial charge on any atom is 0.407 e. The van der Waals surface area contributed by atoms with Gasteiger partial charge in [0.2, 0.25) is 11.8 Å². The van der Waals surface area contributed by atoms with Crippen molar-refractivity contribution in [2.45, 2.75) is 84.3 Å². The van der Waals surface area contributed by atoms with Crippen LogP contribution >= 0.6 is 0 Å². The molecule has 5 unspecified atom stereocenters. The number of imidazole rings is 2. The summed E-state index contributed by atoms with van der Waals surface area (Å²) in [6, 6.07) is 11.3. The van der Waals surface area contributed by atoms with Gasteiger partial charge in [0.1, 0.15) is 36.1 Å². The molecule has 0 spiro atoms. The first-order chi connectivity index (χ1) is 31.6. The summed E-state index contributed by atoms with van der Waals surface area (Å²) in [6.07, 6.45) is 1.86. The summed E-state index contributed by atoms with van der Waals surface area (Å²) in [6.45, 7) is 5.04. The zero-order valence-electron chi connectivity index (χ0n) is 38.4. The van der Waals surface area contributed by atoms with Gasteiger partial charge >= 0.3 is 18.8 Å². The fraction of sp³-hybridized carbons (Fsp3) is 0.489. The highest BCUT2D eigenvalue weighted by Gasteiger charge is 2.42. The molecule has 4 heterocycles. The Morgan fingerprint density at radius 1 is 0.939 bits per heavy atom. The minimum atomic E-state index is -2.95. The summed E-state index contributed by atoms with van der Waals surface area (Å²) in [4.78, 5) is 72.0. The smallest absolute Gasteiger partial charge is 0.407 e. The van der Waals surface area contributed by atoms with Crippen LogP contribution in [0.25, 0.3) is 44.2 Å². The molecule has 7 rings (SSSR count). The number of carbonyl (C=O) groups is 4. The van der Waals surface area contributed by atoms with Crippen molar-refractivity contribution in [3.63, 3.8) is 0 Å². The summed E-state index contributed by atoms with van der Waals surface area (Å²) in [5, 5.41) is 7.03. The van der Waals surface area contributed by atoms with Gasteiger partial charge in [0.15, 0.2) is 0 Å². The van der Waals surface area contributed by atoms with Gasteiger partial charge in [-0.15, -0.1) is 0 Å². The third-order valence-electron chi connectivity index (χ3n) is 12.5. The molecule has 5 aromatic rings. The fourth-order valence-electron chi connectivity index (χ4n) is 8.92. The SMILES string of the molecule is COCCCC(c1ncc(-c2ccc3c(c2)COc2cc4c(ccc5[nH]c(C6CC(COC(F)F)CN6C(=O)C(NC(=O)OC)C(C)C)nc54)cc2-3)[nH]1)N(C)C(=O)C(NC(=O)OC)C(C)C. The van der Waals surface area contributed by atoms with E-state index in [9.17, 15) is 28.0 Å². The number of amides is 4. The van der Waals surface area contributed by atoms with Crippen LogP contribution in [-0.4, -0.2) is 121 Å². The van der Waals surface area contributed by atoms with Crippen molar-refractivity contribution >= 4 is 45.8 Å². The number of likely N-dealkylation sites (tertiary alicyclic amines) is 1. The standard InChI is InChI=1S/C47H58F2N8O9/c1-24(2)38(54-46(60)63-7)43(58)56(5)35(10-9-15-62-6)41-50-20-34(52-41)28-11-13-30-29(17-28)23-65-37-19-31-27(18-32(30)37)12-14-33-40(31)53-42(51-33)36-16-26(22-66-45(48)49)21-57(36)44(59)39(25(3)4)55-47(61)64-8/h11-14,17-20,24-26,35-36,38-39,45H,9-10,15-16,21-23H2,1-8H3,(H,50,52)(H,51,53)(H,54,60)(H,55,61). The number of aromatic amines is 2. The van der Waals surface area contributed by atoms with Crippen molar-refractivity contribution in [2.24, 2.45) is 17.8 Å². The molecule has 66 heavy (non-hydrogen) atoms. The highest BCUT2D eigenvalue weighted by molar-refractivity contribution is 6.07. The van der Waals surface area contributed by atoms with Gasteiger partial charge in [-0.05, 0) is 77.4 Å². The lowest BCUT2D eigenvalue weighted by Crippen LogP contribution is -2.51. The molecule has 2 aromatic heterocycles. The summed E-state index contributed by atoms with van der Waals surface area (Å²) in [7, 11) is 5.81. The topological polar surface area (TPSA) is 202 Å². The predicted octanol–water partition coefficient (Wildman–Crippen LogP) is 7.48. The molecule has 0 bridgehead atoms. The normalized spacial score (nSPS) is 17.1. The Bertz CT molecular complexity index is 2560. The van der Waals surface area contributed by atoms with Crippen LogP contribution in [0.1, 0.15) is 76.3 Å². The number of halogens is 2. The van der Waals surface area contributed by atoms with Crippen molar-refractivity contribution in [1.82, 2.24) is 40.4 Å². The van der Waals surface area contributed by atoms with E-state index in [-0.39, 0.29) is 36.8 Å². The van der Waals surface area contributed by atoms with Crippen molar-refractivity contribution in [3.8, 4) is 28.1 Å². The maximum absolute atomic E-state index is 14.1. The van der Waals surface area contributed by atoms with Crippen LogP contribution in [0.15, 0.2) is 48.7 Å². The summed E-state index contributed by atoms with van der Waals surface area (Å²) >= 11 is 0. The number of nitrogens with one attached hydrogen (secondary N) is 4. The molecule has 19 heteroatoms. The average Bonchev–Trinajstić information content (AvgIpc) is 4.08. The lowest BCUT2D eigenvalue weighted by molar-refractivity contribution is -0.139. The molecule has 354 valence electrons. The Balaban J connectivity index is 1.16.